The van der Waals surface area contributed by atoms with Crippen molar-refractivity contribution in [3.63, 3.8) is 0 Å². The van der Waals surface area contributed by atoms with E-state index in [1.165, 1.54) is 7.11 Å². The minimum Gasteiger partial charge on any atom is -0.373 e. The molecule has 0 aromatic carbocycles. The van der Waals surface area contributed by atoms with E-state index in [-0.39, 0.29) is 23.4 Å². The molecule has 3 heteroatoms. The van der Waals surface area contributed by atoms with Crippen LogP contribution < -0.4 is 0 Å². The summed E-state index contributed by atoms with van der Waals surface area (Å²) in [5.74, 6) is -0.120. The van der Waals surface area contributed by atoms with Gasteiger partial charge in [0.1, 0.15) is 6.10 Å². The monoisotopic (exact) mass is 232 g/mol. The summed E-state index contributed by atoms with van der Waals surface area (Å²) in [5.41, 5.74) is 0.862. The molecule has 2 aliphatic rings. The van der Waals surface area contributed by atoms with Crippen LogP contribution in [0.25, 0.3) is 0 Å². The zero-order valence-electron chi connectivity index (χ0n) is 10.3. The summed E-state index contributed by atoms with van der Waals surface area (Å²) in [4.78, 5) is 24.0. The predicted molar refractivity (Wildman–Crippen MR) is 64.5 cm³/mol. The fraction of sp³-hybridized carbons (Fsp3) is 0.429. The van der Waals surface area contributed by atoms with Gasteiger partial charge in [-0.3, -0.25) is 9.59 Å². The van der Waals surface area contributed by atoms with E-state index in [9.17, 15) is 9.59 Å². The van der Waals surface area contributed by atoms with Crippen molar-refractivity contribution < 1.29 is 14.3 Å². The summed E-state index contributed by atoms with van der Waals surface area (Å²) in [5, 5.41) is 0. The Morgan fingerprint density at radius 3 is 2.35 bits per heavy atom. The average molecular weight is 232 g/mol. The van der Waals surface area contributed by atoms with Gasteiger partial charge in [0.05, 0.1) is 0 Å². The topological polar surface area (TPSA) is 43.4 Å². The summed E-state index contributed by atoms with van der Waals surface area (Å²) in [7, 11) is 1.46. The van der Waals surface area contributed by atoms with Crippen molar-refractivity contribution in [3.8, 4) is 0 Å². The Hall–Kier alpha value is -1.48. The number of hydrogen-bond acceptors (Lipinski definition) is 3. The smallest absolute Gasteiger partial charge is 0.192 e. The maximum absolute atomic E-state index is 12.1. The second kappa shape index (κ2) is 4.08. The third-order valence-corrected chi connectivity index (χ3v) is 3.16. The largest absolute Gasteiger partial charge is 0.373 e. The number of ketones is 2. The molecule has 0 N–H and O–H groups in total. The first-order valence-corrected chi connectivity index (χ1v) is 5.67. The lowest BCUT2D eigenvalue weighted by atomic mass is 9.87. The molecule has 0 radical (unpaired) electrons. The lowest BCUT2D eigenvalue weighted by Crippen LogP contribution is -2.33. The fourth-order valence-corrected chi connectivity index (χ4v) is 2.02. The van der Waals surface area contributed by atoms with E-state index in [1.54, 1.807) is 12.2 Å². The molecule has 17 heavy (non-hydrogen) atoms. The van der Waals surface area contributed by atoms with Crippen LogP contribution in [0.1, 0.15) is 20.3 Å². The van der Waals surface area contributed by atoms with Crippen LogP contribution in [0.5, 0.6) is 0 Å². The molecule has 0 aliphatic heterocycles. The van der Waals surface area contributed by atoms with E-state index in [0.717, 1.165) is 0 Å². The molecule has 0 heterocycles. The molecular weight excluding hydrogens is 216 g/mol. The molecule has 2 rings (SSSR count). The number of carbonyl (C=O) groups excluding carboxylic acids is 2. The summed E-state index contributed by atoms with van der Waals surface area (Å²) >= 11 is 0. The Kier molecular flexibility index (Phi) is 2.87. The first kappa shape index (κ1) is 12.0. The maximum Gasteiger partial charge on any atom is 0.192 e. The number of methoxy groups -OCH3 is 1. The normalized spacial score (nSPS) is 27.1. The van der Waals surface area contributed by atoms with Gasteiger partial charge >= 0.3 is 0 Å². The molecule has 0 spiro atoms. The van der Waals surface area contributed by atoms with Crippen LogP contribution in [-0.4, -0.2) is 24.8 Å². The van der Waals surface area contributed by atoms with Gasteiger partial charge in [-0.25, -0.2) is 0 Å². The van der Waals surface area contributed by atoms with Gasteiger partial charge in [-0.15, -0.1) is 0 Å². The van der Waals surface area contributed by atoms with Crippen molar-refractivity contribution in [2.75, 3.05) is 7.11 Å². The van der Waals surface area contributed by atoms with Gasteiger partial charge in [0.15, 0.2) is 11.6 Å². The molecule has 0 saturated carbocycles. The Morgan fingerprint density at radius 2 is 1.76 bits per heavy atom. The molecule has 3 nitrogen and oxygen atoms in total. The quantitative estimate of drug-likeness (QED) is 0.694. The van der Waals surface area contributed by atoms with E-state index in [4.69, 9.17) is 4.74 Å². The van der Waals surface area contributed by atoms with Crippen LogP contribution in [0.4, 0.5) is 0 Å². The zero-order valence-corrected chi connectivity index (χ0v) is 10.3. The first-order chi connectivity index (χ1) is 7.94. The average Bonchev–Trinajstić information content (AvgIpc) is 2.43. The van der Waals surface area contributed by atoms with E-state index in [1.807, 2.05) is 26.0 Å². The maximum atomic E-state index is 12.1. The Labute approximate surface area is 101 Å². The van der Waals surface area contributed by atoms with Crippen molar-refractivity contribution in [2.24, 2.45) is 5.41 Å². The highest BCUT2D eigenvalue weighted by atomic mass is 16.5. The molecule has 0 saturated heterocycles. The van der Waals surface area contributed by atoms with Gasteiger partial charge in [-0.1, -0.05) is 38.2 Å². The van der Waals surface area contributed by atoms with Crippen LogP contribution in [-0.2, 0) is 14.3 Å². The van der Waals surface area contributed by atoms with Gasteiger partial charge < -0.3 is 4.74 Å². The van der Waals surface area contributed by atoms with Crippen LogP contribution in [0.3, 0.4) is 0 Å². The molecule has 0 bridgehead atoms. The van der Waals surface area contributed by atoms with E-state index >= 15 is 0 Å². The summed E-state index contributed by atoms with van der Waals surface area (Å²) in [6, 6.07) is 0. The highest BCUT2D eigenvalue weighted by Crippen LogP contribution is 2.30. The molecule has 0 amide bonds. The van der Waals surface area contributed by atoms with E-state index < -0.39 is 6.10 Å². The van der Waals surface area contributed by atoms with Crippen molar-refractivity contribution >= 4 is 11.6 Å². The van der Waals surface area contributed by atoms with Crippen molar-refractivity contribution in [1.29, 1.82) is 0 Å². The van der Waals surface area contributed by atoms with Gasteiger partial charge in [0.2, 0.25) is 0 Å². The molecule has 2 aliphatic carbocycles. The van der Waals surface area contributed by atoms with Gasteiger partial charge in [-0.2, -0.15) is 0 Å². The number of hydrogen-bond donors (Lipinski definition) is 0. The van der Waals surface area contributed by atoms with Gasteiger partial charge in [0.25, 0.3) is 0 Å². The highest BCUT2D eigenvalue weighted by Gasteiger charge is 2.33. The van der Waals surface area contributed by atoms with E-state index in [2.05, 4.69) is 0 Å². The van der Waals surface area contributed by atoms with Crippen molar-refractivity contribution in [1.82, 2.24) is 0 Å². The molecular formula is C14H16O3. The first-order valence-electron chi connectivity index (χ1n) is 5.67. The number of carbonyl (C=O) groups is 2. The van der Waals surface area contributed by atoms with Gasteiger partial charge in [0, 0.05) is 30.1 Å². The second-order valence-corrected chi connectivity index (χ2v) is 5.03. The van der Waals surface area contributed by atoms with Crippen molar-refractivity contribution in [3.05, 3.63) is 35.5 Å². The molecule has 1 atom stereocenters. The Balaban J connectivity index is 2.49. The Bertz CT molecular complexity index is 464. The molecule has 0 aromatic rings. The zero-order chi connectivity index (χ0) is 12.6. The second-order valence-electron chi connectivity index (χ2n) is 5.03. The highest BCUT2D eigenvalue weighted by molar-refractivity contribution is 6.16. The number of Topliss-reactive ketones (excluding diaryl/α,β-unsaturated/α-hetero) is 2. The minimum atomic E-state index is -0.625. The summed E-state index contributed by atoms with van der Waals surface area (Å²) < 4.78 is 5.05. The molecule has 0 aromatic heterocycles. The standard InChI is InChI=1S/C14H16O3/c1-14(2)6-4-9-10(5-7-14)13(16)12(17-3)8-11(9)15/h4-7,12H,8H2,1-3H3. The van der Waals surface area contributed by atoms with Crippen LogP contribution >= 0.6 is 0 Å². The van der Waals surface area contributed by atoms with Crippen LogP contribution in [0.2, 0.25) is 0 Å². The SMILES string of the molecule is COC1CC(=O)C2=C(C=CC(C)(C)C=C2)C1=O. The third-order valence-electron chi connectivity index (χ3n) is 3.16. The third kappa shape index (κ3) is 2.15. The van der Waals surface area contributed by atoms with Crippen LogP contribution in [0, 0.1) is 5.41 Å². The summed E-state index contributed by atoms with van der Waals surface area (Å²) in [6.07, 6.45) is 6.93. The lowest BCUT2D eigenvalue weighted by Gasteiger charge is -2.20. The minimum absolute atomic E-state index is 0.0231. The van der Waals surface area contributed by atoms with Crippen LogP contribution in [0.15, 0.2) is 35.5 Å². The van der Waals surface area contributed by atoms with E-state index in [0.29, 0.717) is 11.1 Å². The van der Waals surface area contributed by atoms with Crippen molar-refractivity contribution in [2.45, 2.75) is 26.4 Å². The summed E-state index contributed by atoms with van der Waals surface area (Å²) in [6.45, 7) is 4.06. The van der Waals surface area contributed by atoms with Gasteiger partial charge in [-0.05, 0) is 0 Å². The number of ether oxygens (including phenoxy) is 1. The molecule has 1 unspecified atom stereocenters. The Morgan fingerprint density at radius 1 is 1.18 bits per heavy atom. The number of rotatable bonds is 1. The predicted octanol–water partition coefficient (Wildman–Crippen LogP) is 1.99. The fourth-order valence-electron chi connectivity index (χ4n) is 2.02. The molecule has 0 fully saturated rings. The lowest BCUT2D eigenvalue weighted by molar-refractivity contribution is -0.131. The molecule has 90 valence electrons. The number of allylic oxidation sites excluding steroid dienone is 5.